The normalized spacial score (nSPS) is 10.8. The quantitative estimate of drug-likeness (QED) is 0.345. The van der Waals surface area contributed by atoms with Crippen molar-refractivity contribution in [1.82, 2.24) is 15.2 Å². The van der Waals surface area contributed by atoms with Crippen LogP contribution in [0.2, 0.25) is 0 Å². The maximum atomic E-state index is 12.3. The van der Waals surface area contributed by atoms with Gasteiger partial charge in [-0.2, -0.15) is 0 Å². The van der Waals surface area contributed by atoms with Gasteiger partial charge >= 0.3 is 0 Å². The molecular formula is C20H28IN5O. The van der Waals surface area contributed by atoms with Crippen molar-refractivity contribution in [3.8, 4) is 0 Å². The highest BCUT2D eigenvalue weighted by atomic mass is 127. The Kier molecular flexibility index (Phi) is 10.4. The van der Waals surface area contributed by atoms with Crippen LogP contribution in [-0.2, 0) is 13.0 Å². The summed E-state index contributed by atoms with van der Waals surface area (Å²) < 4.78 is 0. The fourth-order valence-corrected chi connectivity index (χ4v) is 2.54. The van der Waals surface area contributed by atoms with Gasteiger partial charge in [0, 0.05) is 43.5 Å². The molecule has 2 rings (SSSR count). The summed E-state index contributed by atoms with van der Waals surface area (Å²) in [5, 5.41) is 3.09. The highest BCUT2D eigenvalue weighted by Crippen LogP contribution is 2.09. The Balaban J connectivity index is 0.00000364. The second kappa shape index (κ2) is 12.3. The van der Waals surface area contributed by atoms with Crippen LogP contribution in [-0.4, -0.2) is 41.4 Å². The Labute approximate surface area is 178 Å². The van der Waals surface area contributed by atoms with Gasteiger partial charge < -0.3 is 16.0 Å². The number of pyridine rings is 1. The van der Waals surface area contributed by atoms with Gasteiger partial charge in [0.15, 0.2) is 5.96 Å². The zero-order valence-electron chi connectivity index (χ0n) is 15.9. The van der Waals surface area contributed by atoms with E-state index in [1.165, 1.54) is 0 Å². The first kappa shape index (κ1) is 22.9. The lowest BCUT2D eigenvalue weighted by atomic mass is 10.1. The number of amides is 1. The second-order valence-corrected chi connectivity index (χ2v) is 5.87. The molecule has 0 unspecified atom stereocenters. The van der Waals surface area contributed by atoms with E-state index < -0.39 is 0 Å². The number of nitrogens with one attached hydrogen (secondary N) is 1. The molecule has 0 fully saturated rings. The predicted octanol–water partition coefficient (Wildman–Crippen LogP) is 2.83. The molecule has 6 nitrogen and oxygen atoms in total. The minimum Gasteiger partial charge on any atom is -0.370 e. The first-order valence-corrected chi connectivity index (χ1v) is 8.96. The Morgan fingerprint density at radius 3 is 2.44 bits per heavy atom. The number of benzene rings is 1. The van der Waals surface area contributed by atoms with E-state index in [0.717, 1.165) is 17.7 Å². The van der Waals surface area contributed by atoms with Crippen LogP contribution in [0, 0.1) is 0 Å². The van der Waals surface area contributed by atoms with Crippen LogP contribution in [0.5, 0.6) is 0 Å². The van der Waals surface area contributed by atoms with Crippen molar-refractivity contribution in [3.05, 3.63) is 65.5 Å². The van der Waals surface area contributed by atoms with Gasteiger partial charge in [0.25, 0.3) is 5.91 Å². The van der Waals surface area contributed by atoms with Gasteiger partial charge in [-0.1, -0.05) is 18.2 Å². The zero-order valence-corrected chi connectivity index (χ0v) is 18.2. The van der Waals surface area contributed by atoms with Crippen LogP contribution in [0.4, 0.5) is 0 Å². The summed E-state index contributed by atoms with van der Waals surface area (Å²) in [4.78, 5) is 22.7. The molecule has 0 aliphatic carbocycles. The van der Waals surface area contributed by atoms with Crippen molar-refractivity contribution < 1.29 is 4.79 Å². The standard InChI is InChI=1S/C20H27N5O.HI/c1-3-25(4-2)19(26)17-10-8-16(9-11-17)15-24-20(21)23-14-12-18-7-5-6-13-22-18;/h5-11,13H,3-4,12,14-15H2,1-2H3,(H3,21,23,24);1H. The molecular weight excluding hydrogens is 453 g/mol. The molecule has 0 aliphatic rings. The van der Waals surface area contributed by atoms with Crippen molar-refractivity contribution in [2.45, 2.75) is 26.8 Å². The van der Waals surface area contributed by atoms with Crippen LogP contribution in [0.3, 0.4) is 0 Å². The van der Waals surface area contributed by atoms with Gasteiger partial charge in [-0.3, -0.25) is 9.78 Å². The highest BCUT2D eigenvalue weighted by Gasteiger charge is 2.11. The first-order valence-electron chi connectivity index (χ1n) is 8.96. The molecule has 2 aromatic rings. The van der Waals surface area contributed by atoms with E-state index in [-0.39, 0.29) is 29.9 Å². The molecule has 0 radical (unpaired) electrons. The number of halogens is 1. The summed E-state index contributed by atoms with van der Waals surface area (Å²) in [5.74, 6) is 0.463. The van der Waals surface area contributed by atoms with Crippen LogP contribution in [0.15, 0.2) is 53.7 Å². The molecule has 1 heterocycles. The molecule has 27 heavy (non-hydrogen) atoms. The summed E-state index contributed by atoms with van der Waals surface area (Å²) in [6.45, 7) is 6.54. The second-order valence-electron chi connectivity index (χ2n) is 5.87. The largest absolute Gasteiger partial charge is 0.370 e. The lowest BCUT2D eigenvalue weighted by Crippen LogP contribution is -2.33. The Morgan fingerprint density at radius 1 is 1.15 bits per heavy atom. The first-order chi connectivity index (χ1) is 12.6. The van der Waals surface area contributed by atoms with E-state index in [0.29, 0.717) is 37.7 Å². The average molecular weight is 481 g/mol. The molecule has 0 atom stereocenters. The Morgan fingerprint density at radius 2 is 1.85 bits per heavy atom. The molecule has 1 aromatic carbocycles. The Bertz CT molecular complexity index is 715. The van der Waals surface area contributed by atoms with Crippen LogP contribution in [0.25, 0.3) is 0 Å². The average Bonchev–Trinajstić information content (AvgIpc) is 2.68. The van der Waals surface area contributed by atoms with E-state index in [1.54, 1.807) is 11.1 Å². The maximum absolute atomic E-state index is 12.3. The third kappa shape index (κ3) is 7.54. The lowest BCUT2D eigenvalue weighted by Gasteiger charge is -2.18. The molecule has 0 saturated carbocycles. The van der Waals surface area contributed by atoms with E-state index >= 15 is 0 Å². The van der Waals surface area contributed by atoms with Crippen LogP contribution >= 0.6 is 24.0 Å². The van der Waals surface area contributed by atoms with E-state index in [4.69, 9.17) is 5.73 Å². The summed E-state index contributed by atoms with van der Waals surface area (Å²) >= 11 is 0. The third-order valence-corrected chi connectivity index (χ3v) is 4.10. The van der Waals surface area contributed by atoms with Crippen molar-refractivity contribution >= 4 is 35.8 Å². The minimum atomic E-state index is 0. The van der Waals surface area contributed by atoms with E-state index in [9.17, 15) is 4.79 Å². The SMILES string of the molecule is CCN(CC)C(=O)c1ccc(CN=C(N)NCCc2ccccn2)cc1.I. The third-order valence-electron chi connectivity index (χ3n) is 4.10. The molecule has 0 saturated heterocycles. The van der Waals surface area contributed by atoms with Gasteiger partial charge in [-0.15, -0.1) is 24.0 Å². The molecule has 3 N–H and O–H groups in total. The summed E-state index contributed by atoms with van der Waals surface area (Å²) in [7, 11) is 0. The zero-order chi connectivity index (χ0) is 18.8. The molecule has 146 valence electrons. The van der Waals surface area contributed by atoms with Gasteiger partial charge in [-0.25, -0.2) is 4.99 Å². The van der Waals surface area contributed by atoms with Gasteiger partial charge in [-0.05, 0) is 43.7 Å². The number of rotatable bonds is 8. The molecule has 7 heteroatoms. The number of nitrogens with zero attached hydrogens (tertiary/aromatic N) is 3. The number of aliphatic imine (C=N–C) groups is 1. The lowest BCUT2D eigenvalue weighted by molar-refractivity contribution is 0.0773. The summed E-state index contributed by atoms with van der Waals surface area (Å²) in [5.41, 5.74) is 8.62. The Hall–Kier alpha value is -2.16. The van der Waals surface area contributed by atoms with Gasteiger partial charge in [0.05, 0.1) is 6.54 Å². The summed E-state index contributed by atoms with van der Waals surface area (Å²) in [6, 6.07) is 13.4. The molecule has 1 amide bonds. The number of carbonyl (C=O) groups excluding carboxylic acids is 1. The van der Waals surface area contributed by atoms with Crippen molar-refractivity contribution in [1.29, 1.82) is 0 Å². The number of hydrogen-bond donors (Lipinski definition) is 2. The van der Waals surface area contributed by atoms with Gasteiger partial charge in [0.1, 0.15) is 0 Å². The van der Waals surface area contributed by atoms with E-state index in [1.807, 2.05) is 56.3 Å². The molecule has 0 bridgehead atoms. The van der Waals surface area contributed by atoms with Crippen molar-refractivity contribution in [2.75, 3.05) is 19.6 Å². The highest BCUT2D eigenvalue weighted by molar-refractivity contribution is 14.0. The maximum Gasteiger partial charge on any atom is 0.253 e. The molecule has 1 aromatic heterocycles. The number of hydrogen-bond acceptors (Lipinski definition) is 3. The minimum absolute atomic E-state index is 0. The number of carbonyl (C=O) groups is 1. The van der Waals surface area contributed by atoms with Crippen LogP contribution in [0.1, 0.15) is 35.5 Å². The van der Waals surface area contributed by atoms with Crippen molar-refractivity contribution in [3.63, 3.8) is 0 Å². The fourth-order valence-electron chi connectivity index (χ4n) is 2.54. The predicted molar refractivity (Wildman–Crippen MR) is 120 cm³/mol. The summed E-state index contributed by atoms with van der Waals surface area (Å²) in [6.07, 6.45) is 2.57. The molecule has 0 spiro atoms. The van der Waals surface area contributed by atoms with Gasteiger partial charge in [0.2, 0.25) is 0 Å². The fraction of sp³-hybridized carbons (Fsp3) is 0.350. The number of guanidine groups is 1. The van der Waals surface area contributed by atoms with E-state index in [2.05, 4.69) is 15.3 Å². The monoisotopic (exact) mass is 481 g/mol. The molecule has 0 aliphatic heterocycles. The number of aromatic nitrogens is 1. The van der Waals surface area contributed by atoms with Crippen LogP contribution < -0.4 is 11.1 Å². The van der Waals surface area contributed by atoms with Crippen molar-refractivity contribution in [2.24, 2.45) is 10.7 Å². The smallest absolute Gasteiger partial charge is 0.253 e. The topological polar surface area (TPSA) is 83.6 Å². The number of nitrogens with two attached hydrogens (primary N) is 1.